The number of nitrogens with zero attached hydrogens (tertiary/aromatic N) is 3. The average Bonchev–Trinajstić information content (AvgIpc) is 3.09. The average molecular weight is 495 g/mol. The molecule has 0 saturated carbocycles. The fourth-order valence-electron chi connectivity index (χ4n) is 4.30. The number of aromatic amines is 1. The Morgan fingerprint density at radius 1 is 1.21 bits per heavy atom. The first-order chi connectivity index (χ1) is 16.1. The summed E-state index contributed by atoms with van der Waals surface area (Å²) in [5.74, 6) is -2.31. The maximum absolute atomic E-state index is 13.6. The minimum absolute atomic E-state index is 0.0687. The molecule has 0 radical (unpaired) electrons. The van der Waals surface area contributed by atoms with Crippen LogP contribution in [0.4, 0.5) is 8.78 Å². The van der Waals surface area contributed by atoms with Crippen LogP contribution < -0.4 is 10.3 Å². The van der Waals surface area contributed by atoms with E-state index in [1.807, 2.05) is 13.1 Å². The molecule has 0 spiro atoms. The number of benzene rings is 1. The van der Waals surface area contributed by atoms with Gasteiger partial charge in [0.1, 0.15) is 17.1 Å². The normalized spacial score (nSPS) is 16.7. The SMILES string of the molecule is CCCc1cn(C)c2c(=O)[nH]c(-c3cc(S(=O)(=O)N4CCC(F)(F)CC4)ccc3OCC)nc12. The van der Waals surface area contributed by atoms with E-state index in [0.29, 0.717) is 29.0 Å². The smallest absolute Gasteiger partial charge is 0.275 e. The van der Waals surface area contributed by atoms with Gasteiger partial charge in [-0.2, -0.15) is 4.31 Å². The van der Waals surface area contributed by atoms with Crippen molar-refractivity contribution < 1.29 is 21.9 Å². The van der Waals surface area contributed by atoms with Gasteiger partial charge in [0.2, 0.25) is 10.0 Å². The van der Waals surface area contributed by atoms with E-state index < -0.39 is 28.8 Å². The predicted octanol–water partition coefficient (Wildman–Crippen LogP) is 3.70. The summed E-state index contributed by atoms with van der Waals surface area (Å²) in [5, 5.41) is 0. The molecule has 3 heterocycles. The van der Waals surface area contributed by atoms with Crippen LogP contribution in [0, 0.1) is 0 Å². The van der Waals surface area contributed by atoms with E-state index >= 15 is 0 Å². The standard InChI is InChI=1S/C23H28F2N4O4S/c1-4-6-15-14-28(3)20-19(15)26-21(27-22(20)30)17-13-16(7-8-18(17)33-5-2)34(31,32)29-11-9-23(24,25)10-12-29/h7-8,13-14H,4-6,9-12H2,1-3H3,(H,26,27,30). The van der Waals surface area contributed by atoms with Crippen molar-refractivity contribution in [3.63, 3.8) is 0 Å². The fraction of sp³-hybridized carbons (Fsp3) is 0.478. The van der Waals surface area contributed by atoms with Crippen molar-refractivity contribution in [2.75, 3.05) is 19.7 Å². The largest absolute Gasteiger partial charge is 0.493 e. The third-order valence-electron chi connectivity index (χ3n) is 6.02. The summed E-state index contributed by atoms with van der Waals surface area (Å²) in [4.78, 5) is 20.3. The molecular formula is C23H28F2N4O4S. The first-order valence-corrected chi connectivity index (χ1v) is 12.7. The molecular weight excluding hydrogens is 466 g/mol. The highest BCUT2D eigenvalue weighted by molar-refractivity contribution is 7.89. The van der Waals surface area contributed by atoms with Crippen molar-refractivity contribution in [1.82, 2.24) is 18.8 Å². The molecule has 4 rings (SSSR count). The zero-order valence-electron chi connectivity index (χ0n) is 19.4. The molecule has 3 aromatic rings. The lowest BCUT2D eigenvalue weighted by Crippen LogP contribution is -2.42. The number of nitrogens with one attached hydrogen (secondary N) is 1. The lowest BCUT2D eigenvalue weighted by Gasteiger charge is -2.31. The first-order valence-electron chi connectivity index (χ1n) is 11.3. The molecule has 1 aliphatic heterocycles. The number of hydrogen-bond donors (Lipinski definition) is 1. The number of aryl methyl sites for hydroxylation is 2. The number of sulfonamides is 1. The van der Waals surface area contributed by atoms with Crippen molar-refractivity contribution in [1.29, 1.82) is 0 Å². The summed E-state index contributed by atoms with van der Waals surface area (Å²) in [6.45, 7) is 3.62. The number of alkyl halides is 2. The number of ether oxygens (including phenoxy) is 1. The van der Waals surface area contributed by atoms with Gasteiger partial charge >= 0.3 is 0 Å². The molecule has 1 N–H and O–H groups in total. The second kappa shape index (κ2) is 9.10. The third kappa shape index (κ3) is 4.46. The summed E-state index contributed by atoms with van der Waals surface area (Å²) in [6, 6.07) is 4.28. The zero-order valence-corrected chi connectivity index (χ0v) is 20.2. The summed E-state index contributed by atoms with van der Waals surface area (Å²) < 4.78 is 62.1. The first kappa shape index (κ1) is 24.3. The fourth-order valence-corrected chi connectivity index (χ4v) is 5.76. The van der Waals surface area contributed by atoms with Crippen molar-refractivity contribution in [2.24, 2.45) is 7.05 Å². The van der Waals surface area contributed by atoms with Crippen LogP contribution in [-0.4, -0.2) is 52.9 Å². The Hall–Kier alpha value is -2.79. The van der Waals surface area contributed by atoms with E-state index in [0.717, 1.165) is 22.7 Å². The molecule has 11 heteroatoms. The van der Waals surface area contributed by atoms with E-state index in [9.17, 15) is 22.0 Å². The van der Waals surface area contributed by atoms with Gasteiger partial charge in [-0.05, 0) is 37.1 Å². The number of halogens is 2. The Balaban J connectivity index is 1.83. The minimum atomic E-state index is -4.02. The van der Waals surface area contributed by atoms with E-state index in [1.165, 1.54) is 18.2 Å². The number of rotatable bonds is 7. The van der Waals surface area contributed by atoms with Gasteiger partial charge in [-0.25, -0.2) is 22.2 Å². The summed E-state index contributed by atoms with van der Waals surface area (Å²) in [5.41, 5.74) is 1.87. The molecule has 1 aromatic carbocycles. The summed E-state index contributed by atoms with van der Waals surface area (Å²) >= 11 is 0. The van der Waals surface area contributed by atoms with Crippen molar-refractivity contribution >= 4 is 21.1 Å². The van der Waals surface area contributed by atoms with Crippen LogP contribution in [0.3, 0.4) is 0 Å². The maximum atomic E-state index is 13.6. The molecule has 34 heavy (non-hydrogen) atoms. The highest BCUT2D eigenvalue weighted by atomic mass is 32.2. The molecule has 0 unspecified atom stereocenters. The van der Waals surface area contributed by atoms with E-state index in [2.05, 4.69) is 9.97 Å². The van der Waals surface area contributed by atoms with Crippen LogP contribution in [0.2, 0.25) is 0 Å². The van der Waals surface area contributed by atoms with Crippen LogP contribution in [0.5, 0.6) is 5.75 Å². The Kier molecular flexibility index (Phi) is 6.52. The van der Waals surface area contributed by atoms with Gasteiger partial charge in [-0.3, -0.25) is 4.79 Å². The Morgan fingerprint density at radius 2 is 1.91 bits per heavy atom. The predicted molar refractivity (Wildman–Crippen MR) is 125 cm³/mol. The number of hydrogen-bond acceptors (Lipinski definition) is 5. The molecule has 184 valence electrons. The Bertz CT molecular complexity index is 1370. The molecule has 1 aliphatic rings. The van der Waals surface area contributed by atoms with Crippen molar-refractivity contribution in [2.45, 2.75) is 50.3 Å². The zero-order chi connectivity index (χ0) is 24.7. The van der Waals surface area contributed by atoms with Crippen LogP contribution >= 0.6 is 0 Å². The quantitative estimate of drug-likeness (QED) is 0.540. The molecule has 8 nitrogen and oxygen atoms in total. The van der Waals surface area contributed by atoms with E-state index in [1.54, 1.807) is 18.5 Å². The Labute approximate surface area is 196 Å². The highest BCUT2D eigenvalue weighted by Crippen LogP contribution is 2.34. The van der Waals surface area contributed by atoms with Crippen LogP contribution in [0.25, 0.3) is 22.4 Å². The second-order valence-corrected chi connectivity index (χ2v) is 10.4. The van der Waals surface area contributed by atoms with Crippen LogP contribution in [0.15, 0.2) is 34.1 Å². The summed E-state index contributed by atoms with van der Waals surface area (Å²) in [6.07, 6.45) is 2.44. The minimum Gasteiger partial charge on any atom is -0.493 e. The van der Waals surface area contributed by atoms with Gasteiger partial charge < -0.3 is 14.3 Å². The van der Waals surface area contributed by atoms with Crippen LogP contribution in [0.1, 0.15) is 38.7 Å². The van der Waals surface area contributed by atoms with Crippen molar-refractivity contribution in [3.8, 4) is 17.1 Å². The van der Waals surface area contributed by atoms with E-state index in [-0.39, 0.29) is 29.4 Å². The van der Waals surface area contributed by atoms with Gasteiger partial charge in [-0.1, -0.05) is 13.3 Å². The molecule has 1 saturated heterocycles. The van der Waals surface area contributed by atoms with Gasteiger partial charge in [0.25, 0.3) is 11.5 Å². The number of piperidine rings is 1. The van der Waals surface area contributed by atoms with Gasteiger partial charge in [0, 0.05) is 39.2 Å². The number of fused-ring (bicyclic) bond motifs is 1. The lowest BCUT2D eigenvalue weighted by atomic mass is 10.1. The second-order valence-electron chi connectivity index (χ2n) is 8.48. The monoisotopic (exact) mass is 494 g/mol. The Morgan fingerprint density at radius 3 is 2.56 bits per heavy atom. The molecule has 0 aliphatic carbocycles. The number of aromatic nitrogens is 3. The topological polar surface area (TPSA) is 97.3 Å². The van der Waals surface area contributed by atoms with E-state index in [4.69, 9.17) is 4.74 Å². The number of H-pyrrole nitrogens is 1. The summed E-state index contributed by atoms with van der Waals surface area (Å²) in [7, 11) is -2.24. The van der Waals surface area contributed by atoms with Crippen LogP contribution in [-0.2, 0) is 23.5 Å². The molecule has 0 bridgehead atoms. The molecule has 2 aromatic heterocycles. The third-order valence-corrected chi connectivity index (χ3v) is 7.91. The van der Waals surface area contributed by atoms with Gasteiger partial charge in [0.05, 0.1) is 22.6 Å². The molecule has 0 atom stereocenters. The molecule has 0 amide bonds. The van der Waals surface area contributed by atoms with Gasteiger partial charge in [-0.15, -0.1) is 0 Å². The maximum Gasteiger partial charge on any atom is 0.275 e. The highest BCUT2D eigenvalue weighted by Gasteiger charge is 2.38. The van der Waals surface area contributed by atoms with Crippen molar-refractivity contribution in [3.05, 3.63) is 40.3 Å². The molecule has 1 fully saturated rings. The lowest BCUT2D eigenvalue weighted by molar-refractivity contribution is -0.0412. The van der Waals surface area contributed by atoms with Gasteiger partial charge in [0.15, 0.2) is 0 Å².